The number of alkyl halides is 3. The molecular weight excluding hydrogens is 389 g/mol. The van der Waals surface area contributed by atoms with Crippen LogP contribution in [0.15, 0.2) is 71.7 Å². The highest BCUT2D eigenvalue weighted by Crippen LogP contribution is 2.29. The maximum absolute atomic E-state index is 12.2. The Labute approximate surface area is 172 Å². The molecule has 0 aliphatic rings. The second-order valence-electron chi connectivity index (χ2n) is 7.02. The maximum Gasteiger partial charge on any atom is 0.573 e. The zero-order valence-electron chi connectivity index (χ0n) is 16.5. The van der Waals surface area contributed by atoms with Crippen LogP contribution >= 0.6 is 0 Å². The standard InChI is InChI=1S/C24H21F3N2O/c1-2-29-22-6-4-3-5-20(22)21-15-18(9-12-23(21)29)16-28-14-13-17-7-10-19(11-8-17)30-24(25,26)27/h3-12,15-16H,2,13-14H2,1H3. The van der Waals surface area contributed by atoms with Crippen molar-refractivity contribution in [1.29, 1.82) is 0 Å². The molecule has 30 heavy (non-hydrogen) atoms. The Bertz CT molecular complexity index is 1190. The molecule has 0 bridgehead atoms. The van der Waals surface area contributed by atoms with E-state index in [4.69, 9.17) is 0 Å². The van der Waals surface area contributed by atoms with Crippen LogP contribution in [-0.4, -0.2) is 23.7 Å². The lowest BCUT2D eigenvalue weighted by Gasteiger charge is -2.08. The Balaban J connectivity index is 1.45. The predicted octanol–water partition coefficient (Wildman–Crippen LogP) is 6.37. The molecular formula is C24H21F3N2O. The molecule has 0 saturated heterocycles. The molecule has 0 amide bonds. The summed E-state index contributed by atoms with van der Waals surface area (Å²) < 4.78 is 42.8. The lowest BCUT2D eigenvalue weighted by molar-refractivity contribution is -0.274. The molecule has 0 N–H and O–H groups in total. The summed E-state index contributed by atoms with van der Waals surface area (Å²) in [6.45, 7) is 3.60. The van der Waals surface area contributed by atoms with Crippen molar-refractivity contribution < 1.29 is 17.9 Å². The van der Waals surface area contributed by atoms with E-state index in [1.54, 1.807) is 12.1 Å². The minimum absolute atomic E-state index is 0.214. The number of halogens is 3. The van der Waals surface area contributed by atoms with E-state index in [-0.39, 0.29) is 5.75 Å². The number of aryl methyl sites for hydroxylation is 1. The molecule has 0 radical (unpaired) electrons. The van der Waals surface area contributed by atoms with Crippen molar-refractivity contribution in [3.63, 3.8) is 0 Å². The molecule has 0 fully saturated rings. The molecule has 3 nitrogen and oxygen atoms in total. The molecule has 0 atom stereocenters. The first-order valence-electron chi connectivity index (χ1n) is 9.80. The summed E-state index contributed by atoms with van der Waals surface area (Å²) in [4.78, 5) is 4.49. The average Bonchev–Trinajstić information content (AvgIpc) is 3.04. The lowest BCUT2D eigenvalue weighted by atomic mass is 10.1. The van der Waals surface area contributed by atoms with E-state index < -0.39 is 6.36 Å². The monoisotopic (exact) mass is 410 g/mol. The lowest BCUT2D eigenvalue weighted by Crippen LogP contribution is -2.17. The second kappa shape index (κ2) is 8.22. The SMILES string of the molecule is CCn1c2ccccc2c2cc(C=NCCc3ccc(OC(F)(F)F)cc3)ccc21. The third-order valence-corrected chi connectivity index (χ3v) is 5.04. The molecule has 154 valence electrons. The fourth-order valence-corrected chi connectivity index (χ4v) is 3.71. The fourth-order valence-electron chi connectivity index (χ4n) is 3.71. The zero-order chi connectivity index (χ0) is 21.1. The molecule has 0 unspecified atom stereocenters. The van der Waals surface area contributed by atoms with Crippen molar-refractivity contribution in [3.8, 4) is 5.75 Å². The molecule has 6 heteroatoms. The van der Waals surface area contributed by atoms with E-state index in [0.29, 0.717) is 13.0 Å². The van der Waals surface area contributed by atoms with Gasteiger partial charge in [-0.05, 0) is 54.8 Å². The molecule has 0 saturated carbocycles. The quantitative estimate of drug-likeness (QED) is 0.339. The van der Waals surface area contributed by atoms with Crippen LogP contribution < -0.4 is 4.74 Å². The van der Waals surface area contributed by atoms with Gasteiger partial charge in [0.05, 0.1) is 0 Å². The number of aliphatic imine (C=N–C) groups is 1. The van der Waals surface area contributed by atoms with E-state index in [1.807, 2.05) is 12.3 Å². The number of ether oxygens (including phenoxy) is 1. The van der Waals surface area contributed by atoms with Crippen LogP contribution in [0.1, 0.15) is 18.1 Å². The third kappa shape index (κ3) is 4.32. The van der Waals surface area contributed by atoms with E-state index in [0.717, 1.165) is 17.7 Å². The number of nitrogens with zero attached hydrogens (tertiary/aromatic N) is 2. The van der Waals surface area contributed by atoms with Crippen molar-refractivity contribution >= 4 is 28.0 Å². The van der Waals surface area contributed by atoms with Gasteiger partial charge in [-0.15, -0.1) is 13.2 Å². The van der Waals surface area contributed by atoms with Gasteiger partial charge in [0.15, 0.2) is 0 Å². The van der Waals surface area contributed by atoms with Gasteiger partial charge in [0, 0.05) is 41.1 Å². The summed E-state index contributed by atoms with van der Waals surface area (Å²) in [5.41, 5.74) is 4.36. The van der Waals surface area contributed by atoms with Gasteiger partial charge in [-0.2, -0.15) is 0 Å². The summed E-state index contributed by atoms with van der Waals surface area (Å²) in [7, 11) is 0. The van der Waals surface area contributed by atoms with Crippen LogP contribution in [0.5, 0.6) is 5.75 Å². The first-order valence-corrected chi connectivity index (χ1v) is 9.80. The summed E-state index contributed by atoms with van der Waals surface area (Å²) >= 11 is 0. The van der Waals surface area contributed by atoms with Gasteiger partial charge in [0.25, 0.3) is 0 Å². The fraction of sp³-hybridized carbons (Fsp3) is 0.208. The Hall–Kier alpha value is -3.28. The molecule has 0 aliphatic heterocycles. The number of aromatic nitrogens is 1. The number of benzene rings is 3. The number of fused-ring (bicyclic) bond motifs is 3. The van der Waals surface area contributed by atoms with Crippen molar-refractivity contribution in [1.82, 2.24) is 4.57 Å². The maximum atomic E-state index is 12.2. The van der Waals surface area contributed by atoms with Gasteiger partial charge in [-0.25, -0.2) is 0 Å². The molecule has 4 aromatic rings. The van der Waals surface area contributed by atoms with Crippen LogP contribution in [0.25, 0.3) is 21.8 Å². The Kier molecular flexibility index (Phi) is 5.48. The molecule has 0 spiro atoms. The molecule has 1 aromatic heterocycles. The Morgan fingerprint density at radius 1 is 0.933 bits per heavy atom. The summed E-state index contributed by atoms with van der Waals surface area (Å²) in [5.74, 6) is -0.214. The zero-order valence-corrected chi connectivity index (χ0v) is 16.5. The first-order chi connectivity index (χ1) is 14.4. The summed E-state index contributed by atoms with van der Waals surface area (Å²) in [6, 6.07) is 20.6. The number of rotatable bonds is 6. The number of hydrogen-bond acceptors (Lipinski definition) is 2. The predicted molar refractivity (Wildman–Crippen MR) is 114 cm³/mol. The van der Waals surface area contributed by atoms with Crippen molar-refractivity contribution in [2.24, 2.45) is 4.99 Å². The molecule has 1 heterocycles. The van der Waals surface area contributed by atoms with E-state index in [2.05, 4.69) is 57.6 Å². The highest BCUT2D eigenvalue weighted by atomic mass is 19.4. The summed E-state index contributed by atoms with van der Waals surface area (Å²) in [5, 5.41) is 2.43. The van der Waals surface area contributed by atoms with Crippen molar-refractivity contribution in [3.05, 3.63) is 77.9 Å². The van der Waals surface area contributed by atoms with Crippen LogP contribution in [0.3, 0.4) is 0 Å². The largest absolute Gasteiger partial charge is 0.573 e. The van der Waals surface area contributed by atoms with E-state index in [1.165, 1.54) is 33.9 Å². The second-order valence-corrected chi connectivity index (χ2v) is 7.02. The minimum atomic E-state index is -4.67. The minimum Gasteiger partial charge on any atom is -0.406 e. The van der Waals surface area contributed by atoms with Gasteiger partial charge in [-0.3, -0.25) is 4.99 Å². The highest BCUT2D eigenvalue weighted by molar-refractivity contribution is 6.09. The number of para-hydroxylation sites is 1. The van der Waals surface area contributed by atoms with Gasteiger partial charge < -0.3 is 9.30 Å². The Morgan fingerprint density at radius 2 is 1.67 bits per heavy atom. The van der Waals surface area contributed by atoms with Crippen LogP contribution in [0.2, 0.25) is 0 Å². The van der Waals surface area contributed by atoms with Gasteiger partial charge in [-0.1, -0.05) is 36.4 Å². The Morgan fingerprint density at radius 3 is 2.40 bits per heavy atom. The normalized spacial score (nSPS) is 12.3. The average molecular weight is 410 g/mol. The van der Waals surface area contributed by atoms with Gasteiger partial charge >= 0.3 is 6.36 Å². The third-order valence-electron chi connectivity index (χ3n) is 5.04. The van der Waals surface area contributed by atoms with Crippen molar-refractivity contribution in [2.75, 3.05) is 6.54 Å². The topological polar surface area (TPSA) is 26.5 Å². The van der Waals surface area contributed by atoms with Crippen molar-refractivity contribution in [2.45, 2.75) is 26.3 Å². The van der Waals surface area contributed by atoms with Crippen LogP contribution in [0.4, 0.5) is 13.2 Å². The molecule has 0 aliphatic carbocycles. The molecule has 4 rings (SSSR count). The summed E-state index contributed by atoms with van der Waals surface area (Å²) in [6.07, 6.45) is -2.19. The first kappa shape index (κ1) is 20.0. The van der Waals surface area contributed by atoms with Crippen LogP contribution in [0, 0.1) is 0 Å². The van der Waals surface area contributed by atoms with E-state index >= 15 is 0 Å². The van der Waals surface area contributed by atoms with Gasteiger partial charge in [0.2, 0.25) is 0 Å². The molecule has 3 aromatic carbocycles. The van der Waals surface area contributed by atoms with Crippen LogP contribution in [-0.2, 0) is 13.0 Å². The smallest absolute Gasteiger partial charge is 0.406 e. The highest BCUT2D eigenvalue weighted by Gasteiger charge is 2.30. The van der Waals surface area contributed by atoms with Gasteiger partial charge in [0.1, 0.15) is 5.75 Å². The number of hydrogen-bond donors (Lipinski definition) is 0. The van der Waals surface area contributed by atoms with E-state index in [9.17, 15) is 13.2 Å².